The minimum absolute atomic E-state index is 0.0970. The van der Waals surface area contributed by atoms with Crippen LogP contribution in [0.4, 0.5) is 10.1 Å². The first-order valence-corrected chi connectivity index (χ1v) is 8.65. The van der Waals surface area contributed by atoms with E-state index in [-0.39, 0.29) is 35.0 Å². The molecule has 3 rings (SSSR count). The number of anilines is 1. The van der Waals surface area contributed by atoms with Crippen molar-refractivity contribution in [2.45, 2.75) is 13.3 Å². The Kier molecular flexibility index (Phi) is 5.41. The van der Waals surface area contributed by atoms with Crippen LogP contribution >= 0.6 is 11.6 Å². The quantitative estimate of drug-likeness (QED) is 0.675. The molecule has 140 valence electrons. The van der Waals surface area contributed by atoms with Crippen LogP contribution in [-0.2, 0) is 23.0 Å². The Bertz CT molecular complexity index is 1030. The van der Waals surface area contributed by atoms with Crippen LogP contribution in [0.2, 0.25) is 5.02 Å². The minimum Gasteiger partial charge on any atom is -0.466 e. The molecule has 3 aromatic rings. The summed E-state index contributed by atoms with van der Waals surface area (Å²) in [4.78, 5) is 24.1. The third-order valence-electron chi connectivity index (χ3n) is 4.00. The summed E-state index contributed by atoms with van der Waals surface area (Å²) in [6.45, 7) is 1.88. The molecule has 0 saturated heterocycles. The van der Waals surface area contributed by atoms with Gasteiger partial charge in [-0.2, -0.15) is 5.10 Å². The van der Waals surface area contributed by atoms with E-state index >= 15 is 0 Å². The lowest BCUT2D eigenvalue weighted by Crippen LogP contribution is -2.15. The molecule has 1 aromatic heterocycles. The number of nitrogens with zero attached hydrogens (tertiary/aromatic N) is 2. The molecule has 0 bridgehead atoms. The van der Waals surface area contributed by atoms with E-state index < -0.39 is 17.7 Å². The highest BCUT2D eigenvalue weighted by Crippen LogP contribution is 2.27. The van der Waals surface area contributed by atoms with Gasteiger partial charge in [0.1, 0.15) is 5.82 Å². The van der Waals surface area contributed by atoms with Gasteiger partial charge in [0.15, 0.2) is 5.69 Å². The van der Waals surface area contributed by atoms with E-state index in [1.54, 1.807) is 30.8 Å². The number of carbonyl (C=O) groups is 2. The van der Waals surface area contributed by atoms with Crippen molar-refractivity contribution in [1.82, 2.24) is 9.78 Å². The Hall–Kier alpha value is -2.93. The normalized spacial score (nSPS) is 10.8. The van der Waals surface area contributed by atoms with Gasteiger partial charge in [0.05, 0.1) is 29.3 Å². The highest BCUT2D eigenvalue weighted by atomic mass is 35.5. The van der Waals surface area contributed by atoms with Crippen LogP contribution in [0.25, 0.3) is 10.9 Å². The number of aryl methyl sites for hydroxylation is 1. The molecule has 0 aliphatic heterocycles. The lowest BCUT2D eigenvalue weighted by Gasteiger charge is -2.10. The summed E-state index contributed by atoms with van der Waals surface area (Å²) in [5.41, 5.74) is 1.20. The molecule has 0 unspecified atom stereocenters. The van der Waals surface area contributed by atoms with Gasteiger partial charge >= 0.3 is 5.97 Å². The molecule has 0 spiro atoms. The maximum Gasteiger partial charge on any atom is 0.310 e. The van der Waals surface area contributed by atoms with Gasteiger partial charge in [0, 0.05) is 18.0 Å². The second kappa shape index (κ2) is 7.75. The zero-order valence-electron chi connectivity index (χ0n) is 14.8. The number of nitrogens with one attached hydrogen (secondary N) is 1. The monoisotopic (exact) mass is 389 g/mol. The van der Waals surface area contributed by atoms with Crippen molar-refractivity contribution in [2.75, 3.05) is 11.9 Å². The second-order valence-corrected chi connectivity index (χ2v) is 6.26. The Morgan fingerprint density at radius 1 is 1.30 bits per heavy atom. The molecular weight excluding hydrogens is 373 g/mol. The number of benzene rings is 2. The third-order valence-corrected chi connectivity index (χ3v) is 4.31. The molecule has 0 atom stereocenters. The zero-order chi connectivity index (χ0) is 19.6. The Labute approximate surface area is 159 Å². The van der Waals surface area contributed by atoms with E-state index in [2.05, 4.69) is 10.4 Å². The highest BCUT2D eigenvalue weighted by Gasteiger charge is 2.19. The van der Waals surface area contributed by atoms with Crippen molar-refractivity contribution in [2.24, 2.45) is 7.05 Å². The van der Waals surface area contributed by atoms with E-state index in [1.807, 2.05) is 12.1 Å². The van der Waals surface area contributed by atoms with Crippen LogP contribution in [0.15, 0.2) is 36.4 Å². The topological polar surface area (TPSA) is 73.2 Å². The molecular formula is C19H17ClFN3O3. The number of aromatic nitrogens is 2. The molecule has 1 N–H and O–H groups in total. The lowest BCUT2D eigenvalue weighted by molar-refractivity contribution is -0.142. The Morgan fingerprint density at radius 3 is 2.78 bits per heavy atom. The van der Waals surface area contributed by atoms with Gasteiger partial charge in [0.25, 0.3) is 5.91 Å². The molecule has 0 radical (unpaired) electrons. The van der Waals surface area contributed by atoms with Crippen LogP contribution < -0.4 is 5.32 Å². The third kappa shape index (κ3) is 3.93. The predicted molar refractivity (Wildman–Crippen MR) is 100 cm³/mol. The number of para-hydroxylation sites is 1. The van der Waals surface area contributed by atoms with Crippen molar-refractivity contribution in [3.8, 4) is 0 Å². The van der Waals surface area contributed by atoms with E-state index in [1.165, 1.54) is 6.07 Å². The summed E-state index contributed by atoms with van der Waals surface area (Å²) in [7, 11) is 1.73. The molecule has 0 saturated carbocycles. The average Bonchev–Trinajstić information content (AvgIpc) is 2.97. The fourth-order valence-corrected chi connectivity index (χ4v) is 2.98. The fourth-order valence-electron chi connectivity index (χ4n) is 2.75. The number of carbonyl (C=O) groups excluding carboxylic acids is 2. The van der Waals surface area contributed by atoms with Gasteiger partial charge in [0.2, 0.25) is 0 Å². The van der Waals surface area contributed by atoms with Crippen molar-refractivity contribution < 1.29 is 18.7 Å². The summed E-state index contributed by atoms with van der Waals surface area (Å²) in [5.74, 6) is -1.72. The van der Waals surface area contributed by atoms with E-state index in [0.29, 0.717) is 5.39 Å². The number of hydrogen-bond donors (Lipinski definition) is 1. The summed E-state index contributed by atoms with van der Waals surface area (Å²) < 4.78 is 20.7. The van der Waals surface area contributed by atoms with Crippen LogP contribution in [0.1, 0.15) is 23.0 Å². The van der Waals surface area contributed by atoms with Crippen LogP contribution in [-0.4, -0.2) is 28.3 Å². The lowest BCUT2D eigenvalue weighted by atomic mass is 10.1. The van der Waals surface area contributed by atoms with Crippen molar-refractivity contribution in [3.63, 3.8) is 0 Å². The minimum atomic E-state index is -0.659. The standard InChI is InChI=1S/C19H17ClFN3O3/c1-3-27-17(25)9-11-8-13(20)15(10-14(11)21)22-19(26)18-12-6-4-5-7-16(12)24(2)23-18/h4-8,10H,3,9H2,1-2H3,(H,22,26). The fraction of sp³-hybridized carbons (Fsp3) is 0.211. The molecule has 6 nitrogen and oxygen atoms in total. The van der Waals surface area contributed by atoms with Crippen LogP contribution in [0, 0.1) is 5.82 Å². The molecule has 0 fully saturated rings. The SMILES string of the molecule is CCOC(=O)Cc1cc(Cl)c(NC(=O)c2nn(C)c3ccccc23)cc1F. The average molecular weight is 390 g/mol. The van der Waals surface area contributed by atoms with Gasteiger partial charge in [-0.3, -0.25) is 14.3 Å². The van der Waals surface area contributed by atoms with E-state index in [0.717, 1.165) is 11.6 Å². The number of rotatable bonds is 5. The van der Waals surface area contributed by atoms with Gasteiger partial charge in [-0.05, 0) is 25.1 Å². The van der Waals surface area contributed by atoms with Crippen LogP contribution in [0.3, 0.4) is 0 Å². The number of hydrogen-bond acceptors (Lipinski definition) is 4. The second-order valence-electron chi connectivity index (χ2n) is 5.85. The smallest absolute Gasteiger partial charge is 0.310 e. The molecule has 27 heavy (non-hydrogen) atoms. The van der Waals surface area contributed by atoms with Crippen molar-refractivity contribution in [3.05, 3.63) is 58.5 Å². The summed E-state index contributed by atoms with van der Waals surface area (Å²) >= 11 is 6.16. The molecule has 2 aromatic carbocycles. The molecule has 1 heterocycles. The van der Waals surface area contributed by atoms with E-state index in [9.17, 15) is 14.0 Å². The maximum atomic E-state index is 14.3. The van der Waals surface area contributed by atoms with E-state index in [4.69, 9.17) is 16.3 Å². The summed E-state index contributed by atoms with van der Waals surface area (Å²) in [5, 5.41) is 7.59. The molecule has 1 amide bonds. The van der Waals surface area contributed by atoms with Gasteiger partial charge in [-0.25, -0.2) is 4.39 Å². The Balaban J connectivity index is 1.86. The molecule has 0 aliphatic carbocycles. The largest absolute Gasteiger partial charge is 0.466 e. The van der Waals surface area contributed by atoms with Gasteiger partial charge < -0.3 is 10.1 Å². The highest BCUT2D eigenvalue weighted by molar-refractivity contribution is 6.34. The maximum absolute atomic E-state index is 14.3. The zero-order valence-corrected chi connectivity index (χ0v) is 15.5. The first-order chi connectivity index (χ1) is 12.9. The number of fused-ring (bicyclic) bond motifs is 1. The summed E-state index contributed by atoms with van der Waals surface area (Å²) in [6, 6.07) is 9.66. The number of amides is 1. The van der Waals surface area contributed by atoms with Crippen LogP contribution in [0.5, 0.6) is 0 Å². The number of ether oxygens (including phenoxy) is 1. The van der Waals surface area contributed by atoms with Gasteiger partial charge in [-0.15, -0.1) is 0 Å². The first-order valence-electron chi connectivity index (χ1n) is 8.27. The predicted octanol–water partition coefficient (Wildman–Crippen LogP) is 3.72. The first kappa shape index (κ1) is 18.8. The van der Waals surface area contributed by atoms with Crippen molar-refractivity contribution in [1.29, 1.82) is 0 Å². The summed E-state index contributed by atoms with van der Waals surface area (Å²) in [6.07, 6.45) is -0.238. The Morgan fingerprint density at radius 2 is 2.04 bits per heavy atom. The number of esters is 1. The van der Waals surface area contributed by atoms with Crippen molar-refractivity contribution >= 4 is 40.1 Å². The number of halogens is 2. The van der Waals surface area contributed by atoms with Gasteiger partial charge in [-0.1, -0.05) is 29.8 Å². The molecule has 8 heteroatoms. The molecule has 0 aliphatic rings.